The molecule has 4 nitrogen and oxygen atoms in total. The van der Waals surface area contributed by atoms with Crippen molar-refractivity contribution in [1.82, 2.24) is 10.2 Å². The smallest absolute Gasteiger partial charge is 0.133 e. The van der Waals surface area contributed by atoms with Crippen LogP contribution < -0.4 is 10.1 Å². The molecule has 22 heavy (non-hydrogen) atoms. The Hall–Kier alpha value is -0.620. The number of halogens is 1. The molecule has 2 aliphatic heterocycles. The van der Waals surface area contributed by atoms with Crippen molar-refractivity contribution < 1.29 is 9.47 Å². The molecule has 1 N–H and O–H groups in total. The number of benzene rings is 1. The maximum atomic E-state index is 5.57. The molecule has 0 radical (unpaired) electrons. The quantitative estimate of drug-likeness (QED) is 0.885. The van der Waals surface area contributed by atoms with Crippen LogP contribution in [0, 0.1) is 5.92 Å². The maximum absolute atomic E-state index is 5.57. The summed E-state index contributed by atoms with van der Waals surface area (Å²) in [4.78, 5) is 2.64. The maximum Gasteiger partial charge on any atom is 0.133 e. The van der Waals surface area contributed by atoms with E-state index in [0.29, 0.717) is 12.0 Å². The second-order valence-corrected chi connectivity index (χ2v) is 6.93. The van der Waals surface area contributed by atoms with Gasteiger partial charge in [-0.15, -0.1) is 0 Å². The van der Waals surface area contributed by atoms with E-state index >= 15 is 0 Å². The summed E-state index contributed by atoms with van der Waals surface area (Å²) in [5.74, 6) is 1.57. The van der Waals surface area contributed by atoms with Crippen molar-refractivity contribution >= 4 is 15.9 Å². The lowest BCUT2D eigenvalue weighted by Crippen LogP contribution is -2.47. The predicted octanol–water partition coefficient (Wildman–Crippen LogP) is 2.83. The third-order valence-electron chi connectivity index (χ3n) is 4.77. The first-order chi connectivity index (χ1) is 10.8. The lowest BCUT2D eigenvalue weighted by Gasteiger charge is -2.41. The molecule has 1 aromatic carbocycles. The van der Waals surface area contributed by atoms with E-state index < -0.39 is 0 Å². The number of ether oxygens (including phenoxy) is 2. The molecular formula is C17H25BrN2O2. The van der Waals surface area contributed by atoms with Crippen molar-refractivity contribution in [1.29, 1.82) is 0 Å². The van der Waals surface area contributed by atoms with Gasteiger partial charge >= 0.3 is 0 Å². The highest BCUT2D eigenvalue weighted by molar-refractivity contribution is 9.10. The Labute approximate surface area is 141 Å². The molecular weight excluding hydrogens is 344 g/mol. The fourth-order valence-corrected chi connectivity index (χ4v) is 4.20. The second kappa shape index (κ2) is 7.77. The van der Waals surface area contributed by atoms with E-state index in [1.165, 1.54) is 5.56 Å². The molecule has 5 heteroatoms. The van der Waals surface area contributed by atoms with Gasteiger partial charge in [-0.05, 0) is 52.4 Å². The molecule has 0 spiro atoms. The average Bonchev–Trinajstić information content (AvgIpc) is 2.57. The fourth-order valence-electron chi connectivity index (χ4n) is 3.64. The summed E-state index contributed by atoms with van der Waals surface area (Å²) in [5.41, 5.74) is 1.39. The molecule has 3 rings (SSSR count). The van der Waals surface area contributed by atoms with Crippen molar-refractivity contribution in [2.45, 2.75) is 18.9 Å². The van der Waals surface area contributed by atoms with Gasteiger partial charge in [0.25, 0.3) is 0 Å². The first-order valence-corrected chi connectivity index (χ1v) is 8.95. The number of hydrogen-bond donors (Lipinski definition) is 1. The Kier molecular flexibility index (Phi) is 5.74. The van der Waals surface area contributed by atoms with Crippen molar-refractivity contribution in [2.75, 3.05) is 46.5 Å². The van der Waals surface area contributed by atoms with Crippen molar-refractivity contribution in [2.24, 2.45) is 5.92 Å². The third kappa shape index (κ3) is 3.65. The predicted molar refractivity (Wildman–Crippen MR) is 91.4 cm³/mol. The van der Waals surface area contributed by atoms with Gasteiger partial charge in [-0.3, -0.25) is 4.90 Å². The van der Waals surface area contributed by atoms with E-state index in [9.17, 15) is 0 Å². The van der Waals surface area contributed by atoms with Crippen LogP contribution in [0.4, 0.5) is 0 Å². The normalized spacial score (nSPS) is 22.5. The largest absolute Gasteiger partial charge is 0.496 e. The van der Waals surface area contributed by atoms with Crippen molar-refractivity contribution in [3.05, 3.63) is 28.2 Å². The topological polar surface area (TPSA) is 33.7 Å². The van der Waals surface area contributed by atoms with Gasteiger partial charge in [0.1, 0.15) is 5.75 Å². The monoisotopic (exact) mass is 368 g/mol. The van der Waals surface area contributed by atoms with Gasteiger partial charge in [0.2, 0.25) is 0 Å². The van der Waals surface area contributed by atoms with E-state index in [1.807, 2.05) is 0 Å². The van der Waals surface area contributed by atoms with E-state index in [0.717, 1.165) is 62.5 Å². The molecule has 0 saturated carbocycles. The van der Waals surface area contributed by atoms with Gasteiger partial charge in [-0.2, -0.15) is 0 Å². The minimum atomic E-state index is 0.480. The minimum absolute atomic E-state index is 0.480. The van der Waals surface area contributed by atoms with Crippen LogP contribution in [-0.2, 0) is 4.74 Å². The highest BCUT2D eigenvalue weighted by Gasteiger charge is 2.31. The number of nitrogens with one attached hydrogen (secondary N) is 1. The number of methoxy groups -OCH3 is 1. The van der Waals surface area contributed by atoms with Crippen LogP contribution in [0.2, 0.25) is 0 Å². The van der Waals surface area contributed by atoms with Crippen LogP contribution in [0.15, 0.2) is 22.7 Å². The zero-order chi connectivity index (χ0) is 15.4. The molecule has 0 unspecified atom stereocenters. The molecule has 0 bridgehead atoms. The summed E-state index contributed by atoms with van der Waals surface area (Å²) in [6, 6.07) is 7.02. The Morgan fingerprint density at radius 2 is 2.00 bits per heavy atom. The number of hydrogen-bond acceptors (Lipinski definition) is 4. The average molecular weight is 369 g/mol. The zero-order valence-electron chi connectivity index (χ0n) is 13.2. The van der Waals surface area contributed by atoms with Gasteiger partial charge in [-0.25, -0.2) is 0 Å². The number of nitrogens with zero attached hydrogens (tertiary/aromatic N) is 1. The standard InChI is InChI=1S/C17H25BrN2O2/c1-21-16-3-2-14(12-15(16)18)17(13-4-10-22-11-5-13)20-8-6-19-7-9-20/h2-3,12-13,17,19H,4-11H2,1H3/t17-/m1/s1. The van der Waals surface area contributed by atoms with Gasteiger partial charge in [-0.1, -0.05) is 6.07 Å². The zero-order valence-corrected chi connectivity index (χ0v) is 14.8. The van der Waals surface area contributed by atoms with Crippen LogP contribution in [0.1, 0.15) is 24.4 Å². The first-order valence-electron chi connectivity index (χ1n) is 8.15. The van der Waals surface area contributed by atoms with Gasteiger partial charge in [0.05, 0.1) is 11.6 Å². The van der Waals surface area contributed by atoms with Crippen LogP contribution in [-0.4, -0.2) is 51.4 Å². The molecule has 2 aliphatic rings. The molecule has 0 amide bonds. The van der Waals surface area contributed by atoms with Gasteiger partial charge in [0, 0.05) is 45.4 Å². The molecule has 2 heterocycles. The summed E-state index contributed by atoms with van der Waals surface area (Å²) in [5, 5.41) is 3.46. The van der Waals surface area contributed by atoms with E-state index in [2.05, 4.69) is 44.3 Å². The van der Waals surface area contributed by atoms with E-state index in [-0.39, 0.29) is 0 Å². The second-order valence-electron chi connectivity index (χ2n) is 6.07. The number of piperazine rings is 1. The summed E-state index contributed by atoms with van der Waals surface area (Å²) >= 11 is 3.64. The Bertz CT molecular complexity index is 468. The lowest BCUT2D eigenvalue weighted by atomic mass is 9.85. The third-order valence-corrected chi connectivity index (χ3v) is 5.39. The Morgan fingerprint density at radius 3 is 2.64 bits per heavy atom. The summed E-state index contributed by atoms with van der Waals surface area (Å²) in [7, 11) is 1.71. The molecule has 1 aromatic rings. The highest BCUT2D eigenvalue weighted by Crippen LogP contribution is 2.38. The SMILES string of the molecule is COc1ccc([C@@H](C2CCOCC2)N2CCNCC2)cc1Br. The Balaban J connectivity index is 1.87. The summed E-state index contributed by atoms with van der Waals surface area (Å²) < 4.78 is 12.0. The minimum Gasteiger partial charge on any atom is -0.496 e. The lowest BCUT2D eigenvalue weighted by molar-refractivity contribution is 0.0213. The fraction of sp³-hybridized carbons (Fsp3) is 0.647. The molecule has 122 valence electrons. The van der Waals surface area contributed by atoms with Crippen LogP contribution in [0.5, 0.6) is 5.75 Å². The molecule has 0 aromatic heterocycles. The summed E-state index contributed by atoms with van der Waals surface area (Å²) in [6.07, 6.45) is 2.30. The van der Waals surface area contributed by atoms with Crippen LogP contribution in [0.25, 0.3) is 0 Å². The van der Waals surface area contributed by atoms with E-state index in [4.69, 9.17) is 9.47 Å². The first kappa shape index (κ1) is 16.2. The van der Waals surface area contributed by atoms with E-state index in [1.54, 1.807) is 7.11 Å². The van der Waals surface area contributed by atoms with Gasteiger partial charge in [0.15, 0.2) is 0 Å². The van der Waals surface area contributed by atoms with Crippen LogP contribution in [0.3, 0.4) is 0 Å². The number of rotatable bonds is 4. The van der Waals surface area contributed by atoms with Gasteiger partial charge < -0.3 is 14.8 Å². The van der Waals surface area contributed by atoms with Crippen molar-refractivity contribution in [3.8, 4) is 5.75 Å². The summed E-state index contributed by atoms with van der Waals surface area (Å²) in [6.45, 7) is 6.18. The molecule has 2 saturated heterocycles. The van der Waals surface area contributed by atoms with Crippen LogP contribution >= 0.6 is 15.9 Å². The molecule has 2 fully saturated rings. The highest BCUT2D eigenvalue weighted by atomic mass is 79.9. The molecule has 1 atom stereocenters. The Morgan fingerprint density at radius 1 is 1.27 bits per heavy atom. The molecule has 0 aliphatic carbocycles. The van der Waals surface area contributed by atoms with Crippen molar-refractivity contribution in [3.63, 3.8) is 0 Å².